The van der Waals surface area contributed by atoms with E-state index in [-0.39, 0.29) is 11.9 Å². The molecule has 0 radical (unpaired) electrons. The van der Waals surface area contributed by atoms with Crippen molar-refractivity contribution >= 4 is 5.91 Å². The Labute approximate surface area is 156 Å². The Bertz CT molecular complexity index is 749. The van der Waals surface area contributed by atoms with Crippen LogP contribution < -0.4 is 5.32 Å². The third-order valence-corrected chi connectivity index (χ3v) is 5.10. The average Bonchev–Trinajstić information content (AvgIpc) is 2.65. The zero-order valence-electron chi connectivity index (χ0n) is 15.9. The van der Waals surface area contributed by atoms with Crippen LogP contribution in [0.15, 0.2) is 42.5 Å². The summed E-state index contributed by atoms with van der Waals surface area (Å²) in [6, 6.07) is 14.2. The second-order valence-electron chi connectivity index (χ2n) is 7.12. The normalized spacial score (nSPS) is 16.3. The fraction of sp³-hybridized carbons (Fsp3) is 0.409. The van der Waals surface area contributed by atoms with E-state index in [0.29, 0.717) is 5.56 Å². The van der Waals surface area contributed by atoms with E-state index in [4.69, 9.17) is 4.74 Å². The van der Waals surface area contributed by atoms with Gasteiger partial charge in [-0.05, 0) is 55.2 Å². The largest absolute Gasteiger partial charge is 0.379 e. The van der Waals surface area contributed by atoms with Gasteiger partial charge in [0.1, 0.15) is 0 Å². The number of amides is 1. The van der Waals surface area contributed by atoms with Gasteiger partial charge in [-0.15, -0.1) is 0 Å². The van der Waals surface area contributed by atoms with Gasteiger partial charge in [-0.25, -0.2) is 0 Å². The molecule has 0 saturated carbocycles. The van der Waals surface area contributed by atoms with Gasteiger partial charge in [-0.2, -0.15) is 0 Å². The molecule has 2 aromatic carbocycles. The Morgan fingerprint density at radius 1 is 1.08 bits per heavy atom. The van der Waals surface area contributed by atoms with E-state index in [1.54, 1.807) is 0 Å². The number of nitrogens with zero attached hydrogens (tertiary/aromatic N) is 1. The monoisotopic (exact) mass is 352 g/mol. The van der Waals surface area contributed by atoms with E-state index in [9.17, 15) is 4.79 Å². The molecule has 0 aliphatic carbocycles. The Morgan fingerprint density at radius 3 is 2.42 bits per heavy atom. The van der Waals surface area contributed by atoms with Crippen LogP contribution in [0.1, 0.15) is 45.6 Å². The molecule has 1 aliphatic rings. The van der Waals surface area contributed by atoms with Crippen molar-refractivity contribution in [3.63, 3.8) is 0 Å². The smallest absolute Gasteiger partial charge is 0.251 e. The fourth-order valence-corrected chi connectivity index (χ4v) is 3.18. The lowest BCUT2D eigenvalue weighted by molar-refractivity contribution is 0.0342. The maximum absolute atomic E-state index is 12.5. The molecule has 0 unspecified atom stereocenters. The molecule has 4 nitrogen and oxygen atoms in total. The van der Waals surface area contributed by atoms with E-state index < -0.39 is 0 Å². The molecule has 1 atom stereocenters. The van der Waals surface area contributed by atoms with Crippen molar-refractivity contribution < 1.29 is 9.53 Å². The van der Waals surface area contributed by atoms with E-state index >= 15 is 0 Å². The Kier molecular flexibility index (Phi) is 6.07. The lowest BCUT2D eigenvalue weighted by Crippen LogP contribution is -2.35. The second kappa shape index (κ2) is 8.47. The first-order chi connectivity index (χ1) is 12.5. The van der Waals surface area contributed by atoms with Crippen LogP contribution in [0.4, 0.5) is 0 Å². The summed E-state index contributed by atoms with van der Waals surface area (Å²) in [5.41, 5.74) is 5.57. The van der Waals surface area contributed by atoms with Gasteiger partial charge in [-0.3, -0.25) is 9.69 Å². The molecule has 0 spiro atoms. The molecule has 138 valence electrons. The molecular weight excluding hydrogens is 324 g/mol. The van der Waals surface area contributed by atoms with Crippen LogP contribution in [0.25, 0.3) is 0 Å². The topological polar surface area (TPSA) is 41.6 Å². The zero-order valence-corrected chi connectivity index (χ0v) is 15.9. The molecule has 0 bridgehead atoms. The number of rotatable bonds is 5. The molecule has 0 aromatic heterocycles. The minimum atomic E-state index is -0.0337. The van der Waals surface area contributed by atoms with Crippen molar-refractivity contribution in [2.24, 2.45) is 0 Å². The summed E-state index contributed by atoms with van der Waals surface area (Å²) in [4.78, 5) is 14.9. The molecule has 1 saturated heterocycles. The van der Waals surface area contributed by atoms with Crippen molar-refractivity contribution in [2.75, 3.05) is 26.3 Å². The van der Waals surface area contributed by atoms with E-state index in [1.807, 2.05) is 31.2 Å². The third kappa shape index (κ3) is 4.71. The van der Waals surface area contributed by atoms with Crippen molar-refractivity contribution in [1.29, 1.82) is 0 Å². The van der Waals surface area contributed by atoms with Crippen LogP contribution in [-0.2, 0) is 11.3 Å². The quantitative estimate of drug-likeness (QED) is 0.893. The maximum Gasteiger partial charge on any atom is 0.251 e. The Morgan fingerprint density at radius 2 is 1.77 bits per heavy atom. The summed E-state index contributed by atoms with van der Waals surface area (Å²) in [5.74, 6) is -0.0337. The number of morpholine rings is 1. The van der Waals surface area contributed by atoms with Crippen LogP contribution in [0.5, 0.6) is 0 Å². The van der Waals surface area contributed by atoms with E-state index in [0.717, 1.165) is 38.4 Å². The number of carbonyl (C=O) groups excluding carboxylic acids is 1. The number of nitrogens with one attached hydrogen (secondary N) is 1. The highest BCUT2D eigenvalue weighted by molar-refractivity contribution is 5.94. The van der Waals surface area contributed by atoms with Crippen molar-refractivity contribution in [1.82, 2.24) is 10.2 Å². The number of carbonyl (C=O) groups is 1. The minimum Gasteiger partial charge on any atom is -0.379 e. The highest BCUT2D eigenvalue weighted by Gasteiger charge is 2.13. The first kappa shape index (κ1) is 18.6. The van der Waals surface area contributed by atoms with Crippen LogP contribution >= 0.6 is 0 Å². The SMILES string of the molecule is Cc1ccc([C@@H](C)NC(=O)c2ccc(CN3CCOCC3)cc2)cc1C. The van der Waals surface area contributed by atoms with Crippen LogP contribution in [0.2, 0.25) is 0 Å². The number of hydrogen-bond donors (Lipinski definition) is 1. The summed E-state index contributed by atoms with van der Waals surface area (Å²) in [5, 5.41) is 3.09. The molecule has 1 fully saturated rings. The van der Waals surface area contributed by atoms with Gasteiger partial charge in [0.05, 0.1) is 19.3 Å². The van der Waals surface area contributed by atoms with Crippen molar-refractivity contribution in [3.8, 4) is 0 Å². The number of aryl methyl sites for hydroxylation is 2. The summed E-state index contributed by atoms with van der Waals surface area (Å²) >= 11 is 0. The molecule has 4 heteroatoms. The molecule has 26 heavy (non-hydrogen) atoms. The summed E-state index contributed by atoms with van der Waals surface area (Å²) in [6.45, 7) is 10.7. The van der Waals surface area contributed by atoms with Gasteiger partial charge in [0, 0.05) is 25.2 Å². The highest BCUT2D eigenvalue weighted by atomic mass is 16.5. The van der Waals surface area contributed by atoms with Gasteiger partial charge < -0.3 is 10.1 Å². The van der Waals surface area contributed by atoms with Gasteiger partial charge in [0.25, 0.3) is 5.91 Å². The average molecular weight is 352 g/mol. The lowest BCUT2D eigenvalue weighted by Gasteiger charge is -2.26. The second-order valence-corrected chi connectivity index (χ2v) is 7.12. The zero-order chi connectivity index (χ0) is 18.5. The predicted molar refractivity (Wildman–Crippen MR) is 104 cm³/mol. The molecule has 1 amide bonds. The van der Waals surface area contributed by atoms with Crippen molar-refractivity contribution in [2.45, 2.75) is 33.4 Å². The highest BCUT2D eigenvalue weighted by Crippen LogP contribution is 2.17. The summed E-state index contributed by atoms with van der Waals surface area (Å²) in [7, 11) is 0. The van der Waals surface area contributed by atoms with Gasteiger partial charge in [0.2, 0.25) is 0 Å². The summed E-state index contributed by atoms with van der Waals surface area (Å²) < 4.78 is 5.38. The molecule has 1 N–H and O–H groups in total. The maximum atomic E-state index is 12.5. The van der Waals surface area contributed by atoms with Gasteiger partial charge >= 0.3 is 0 Å². The third-order valence-electron chi connectivity index (χ3n) is 5.10. The first-order valence-electron chi connectivity index (χ1n) is 9.30. The number of hydrogen-bond acceptors (Lipinski definition) is 3. The van der Waals surface area contributed by atoms with Crippen LogP contribution in [-0.4, -0.2) is 37.1 Å². The molecule has 3 rings (SSSR count). The lowest BCUT2D eigenvalue weighted by atomic mass is 10.0. The summed E-state index contributed by atoms with van der Waals surface area (Å²) in [6.07, 6.45) is 0. The number of ether oxygens (including phenoxy) is 1. The molecule has 2 aromatic rings. The van der Waals surface area contributed by atoms with Crippen molar-refractivity contribution in [3.05, 3.63) is 70.3 Å². The standard InChI is InChI=1S/C22H28N2O2/c1-16-4-7-21(14-17(16)2)18(3)23-22(25)20-8-5-19(6-9-20)15-24-10-12-26-13-11-24/h4-9,14,18H,10-13,15H2,1-3H3,(H,23,25)/t18-/m1/s1. The predicted octanol–water partition coefficient (Wildman–Crippen LogP) is 3.63. The van der Waals surface area contributed by atoms with E-state index in [2.05, 4.69) is 42.3 Å². The van der Waals surface area contributed by atoms with Gasteiger partial charge in [-0.1, -0.05) is 30.3 Å². The number of benzene rings is 2. The molecular formula is C22H28N2O2. The fourth-order valence-electron chi connectivity index (χ4n) is 3.18. The minimum absolute atomic E-state index is 0.0187. The van der Waals surface area contributed by atoms with E-state index in [1.165, 1.54) is 16.7 Å². The first-order valence-corrected chi connectivity index (χ1v) is 9.30. The Balaban J connectivity index is 1.59. The molecule has 1 aliphatic heterocycles. The van der Waals surface area contributed by atoms with Crippen LogP contribution in [0.3, 0.4) is 0 Å². The molecule has 1 heterocycles. The van der Waals surface area contributed by atoms with Crippen LogP contribution in [0, 0.1) is 13.8 Å². The Hall–Kier alpha value is -2.17. The van der Waals surface area contributed by atoms with Gasteiger partial charge in [0.15, 0.2) is 0 Å².